The lowest BCUT2D eigenvalue weighted by molar-refractivity contribution is -0.116. The maximum absolute atomic E-state index is 12.2. The Morgan fingerprint density at radius 2 is 2.05 bits per heavy atom. The minimum Gasteiger partial charge on any atom is -0.382 e. The lowest BCUT2D eigenvalue weighted by atomic mass is 10.1. The van der Waals surface area contributed by atoms with Gasteiger partial charge in [-0.2, -0.15) is 0 Å². The number of carbonyl (C=O) groups is 2. The fourth-order valence-corrected chi connectivity index (χ4v) is 2.37. The monoisotopic (exact) mass is 297 g/mol. The number of aryl methyl sites for hydroxylation is 1. The number of hydrogen-bond acceptors (Lipinski definition) is 5. The summed E-state index contributed by atoms with van der Waals surface area (Å²) in [6.07, 6.45) is 4.92. The lowest BCUT2D eigenvalue weighted by Crippen LogP contribution is -2.16. The number of nitrogens with one attached hydrogen (secondary N) is 2. The van der Waals surface area contributed by atoms with E-state index >= 15 is 0 Å². The van der Waals surface area contributed by atoms with Gasteiger partial charge in [0.2, 0.25) is 5.91 Å². The minimum absolute atomic E-state index is 0.0165. The van der Waals surface area contributed by atoms with E-state index in [-0.39, 0.29) is 17.4 Å². The van der Waals surface area contributed by atoms with Crippen LogP contribution in [-0.4, -0.2) is 21.8 Å². The van der Waals surface area contributed by atoms with E-state index in [1.165, 1.54) is 12.4 Å². The second-order valence-corrected chi connectivity index (χ2v) is 5.02. The second-order valence-electron chi connectivity index (χ2n) is 5.02. The van der Waals surface area contributed by atoms with Crippen LogP contribution in [0, 0.1) is 0 Å². The SMILES string of the molecule is Nc1nccnc1C(=O)Nc1ccc2c(c1)CCCC(=O)N2. The summed E-state index contributed by atoms with van der Waals surface area (Å²) in [4.78, 5) is 31.5. The quantitative estimate of drug-likeness (QED) is 0.779. The van der Waals surface area contributed by atoms with Crippen molar-refractivity contribution in [2.45, 2.75) is 19.3 Å². The summed E-state index contributed by atoms with van der Waals surface area (Å²) >= 11 is 0. The van der Waals surface area contributed by atoms with Crippen molar-refractivity contribution in [3.8, 4) is 0 Å². The number of anilines is 3. The highest BCUT2D eigenvalue weighted by molar-refractivity contribution is 6.05. The molecular weight excluding hydrogens is 282 g/mol. The molecule has 0 atom stereocenters. The summed E-state index contributed by atoms with van der Waals surface area (Å²) in [5, 5.41) is 5.60. The molecule has 0 bridgehead atoms. The predicted octanol–water partition coefficient (Wildman–Crippen LogP) is 1.59. The summed E-state index contributed by atoms with van der Waals surface area (Å²) in [5.74, 6) is -0.312. The van der Waals surface area contributed by atoms with E-state index in [1.807, 2.05) is 6.07 Å². The standard InChI is InChI=1S/C15H15N5O2/c16-14-13(17-6-7-18-14)15(22)19-10-4-5-11-9(8-10)2-1-3-12(21)20-11/h4-8H,1-3H2,(H2,16,18)(H,19,22)(H,20,21). The van der Waals surface area contributed by atoms with Crippen LogP contribution in [0.2, 0.25) is 0 Å². The first kappa shape index (κ1) is 14.0. The van der Waals surface area contributed by atoms with E-state index in [0.29, 0.717) is 12.1 Å². The van der Waals surface area contributed by atoms with Gasteiger partial charge in [-0.3, -0.25) is 9.59 Å². The molecule has 0 fully saturated rings. The normalized spacial score (nSPS) is 13.7. The third-order valence-corrected chi connectivity index (χ3v) is 3.43. The molecular formula is C15H15N5O2. The Morgan fingerprint density at radius 3 is 2.86 bits per heavy atom. The van der Waals surface area contributed by atoms with Gasteiger partial charge in [-0.1, -0.05) is 0 Å². The van der Waals surface area contributed by atoms with Gasteiger partial charge in [0.25, 0.3) is 5.91 Å². The van der Waals surface area contributed by atoms with Crippen LogP contribution in [0.3, 0.4) is 0 Å². The molecule has 2 amide bonds. The molecule has 0 aliphatic carbocycles. The highest BCUT2D eigenvalue weighted by atomic mass is 16.2. The molecule has 7 nitrogen and oxygen atoms in total. The Hall–Kier alpha value is -2.96. The average molecular weight is 297 g/mol. The van der Waals surface area contributed by atoms with Crippen molar-refractivity contribution in [1.29, 1.82) is 0 Å². The van der Waals surface area contributed by atoms with Crippen molar-refractivity contribution in [2.75, 3.05) is 16.4 Å². The maximum atomic E-state index is 12.2. The van der Waals surface area contributed by atoms with Crippen molar-refractivity contribution in [1.82, 2.24) is 9.97 Å². The summed E-state index contributed by atoms with van der Waals surface area (Å²) < 4.78 is 0. The zero-order valence-corrected chi connectivity index (χ0v) is 11.8. The van der Waals surface area contributed by atoms with Crippen LogP contribution in [0.5, 0.6) is 0 Å². The van der Waals surface area contributed by atoms with Gasteiger partial charge >= 0.3 is 0 Å². The number of aromatic nitrogens is 2. The number of hydrogen-bond donors (Lipinski definition) is 3. The second kappa shape index (κ2) is 5.80. The summed E-state index contributed by atoms with van der Waals surface area (Å²) in [5.41, 5.74) is 8.15. The van der Waals surface area contributed by atoms with E-state index in [9.17, 15) is 9.59 Å². The molecule has 7 heteroatoms. The number of nitrogen functional groups attached to an aromatic ring is 1. The molecule has 2 aromatic rings. The Morgan fingerprint density at radius 1 is 1.23 bits per heavy atom. The van der Waals surface area contributed by atoms with Gasteiger partial charge in [0.05, 0.1) is 0 Å². The van der Waals surface area contributed by atoms with Gasteiger partial charge in [0.1, 0.15) is 0 Å². The molecule has 4 N–H and O–H groups in total. The van der Waals surface area contributed by atoms with Crippen LogP contribution in [0.4, 0.5) is 17.2 Å². The lowest BCUT2D eigenvalue weighted by Gasteiger charge is -2.10. The molecule has 1 aliphatic heterocycles. The fourth-order valence-electron chi connectivity index (χ4n) is 2.37. The first-order chi connectivity index (χ1) is 10.6. The molecule has 3 rings (SSSR count). The van der Waals surface area contributed by atoms with Gasteiger partial charge in [0, 0.05) is 30.2 Å². The molecule has 0 spiro atoms. The van der Waals surface area contributed by atoms with Crippen molar-refractivity contribution >= 4 is 29.0 Å². The van der Waals surface area contributed by atoms with E-state index in [0.717, 1.165) is 24.1 Å². The average Bonchev–Trinajstić information content (AvgIpc) is 2.68. The largest absolute Gasteiger partial charge is 0.382 e. The molecule has 0 saturated heterocycles. The van der Waals surface area contributed by atoms with Crippen molar-refractivity contribution < 1.29 is 9.59 Å². The Labute approximate surface area is 127 Å². The van der Waals surface area contributed by atoms with Crippen LogP contribution in [0.15, 0.2) is 30.6 Å². The Kier molecular flexibility index (Phi) is 3.69. The van der Waals surface area contributed by atoms with Crippen LogP contribution >= 0.6 is 0 Å². The third-order valence-electron chi connectivity index (χ3n) is 3.43. The van der Waals surface area contributed by atoms with Gasteiger partial charge in [-0.05, 0) is 36.6 Å². The minimum atomic E-state index is -0.414. The first-order valence-electron chi connectivity index (χ1n) is 6.94. The van der Waals surface area contributed by atoms with Gasteiger partial charge in [0.15, 0.2) is 11.5 Å². The number of fused-ring (bicyclic) bond motifs is 1. The molecule has 2 heterocycles. The molecule has 0 unspecified atom stereocenters. The molecule has 22 heavy (non-hydrogen) atoms. The molecule has 112 valence electrons. The first-order valence-corrected chi connectivity index (χ1v) is 6.94. The highest BCUT2D eigenvalue weighted by Gasteiger charge is 2.15. The molecule has 1 aromatic carbocycles. The van der Waals surface area contributed by atoms with Crippen molar-refractivity contribution in [3.63, 3.8) is 0 Å². The van der Waals surface area contributed by atoms with Gasteiger partial charge < -0.3 is 16.4 Å². The van der Waals surface area contributed by atoms with E-state index in [4.69, 9.17) is 5.73 Å². The van der Waals surface area contributed by atoms with Crippen LogP contribution < -0.4 is 16.4 Å². The number of amides is 2. The Bertz CT molecular complexity index is 744. The Balaban J connectivity index is 1.82. The smallest absolute Gasteiger partial charge is 0.278 e. The van der Waals surface area contributed by atoms with Crippen molar-refractivity contribution in [2.24, 2.45) is 0 Å². The van der Waals surface area contributed by atoms with Crippen LogP contribution in [0.25, 0.3) is 0 Å². The zero-order chi connectivity index (χ0) is 15.5. The van der Waals surface area contributed by atoms with Crippen LogP contribution in [-0.2, 0) is 11.2 Å². The van der Waals surface area contributed by atoms with Gasteiger partial charge in [-0.15, -0.1) is 0 Å². The number of nitrogens with two attached hydrogens (primary N) is 1. The molecule has 0 saturated carbocycles. The highest BCUT2D eigenvalue weighted by Crippen LogP contribution is 2.25. The topological polar surface area (TPSA) is 110 Å². The summed E-state index contributed by atoms with van der Waals surface area (Å²) in [6, 6.07) is 5.37. The molecule has 1 aromatic heterocycles. The number of nitrogens with zero attached hydrogens (tertiary/aromatic N) is 2. The third kappa shape index (κ3) is 2.88. The van der Waals surface area contributed by atoms with Gasteiger partial charge in [-0.25, -0.2) is 9.97 Å². The summed E-state index contributed by atoms with van der Waals surface area (Å²) in [6.45, 7) is 0. The maximum Gasteiger partial charge on any atom is 0.278 e. The molecule has 1 aliphatic rings. The fraction of sp³-hybridized carbons (Fsp3) is 0.200. The van der Waals surface area contributed by atoms with Crippen molar-refractivity contribution in [3.05, 3.63) is 41.9 Å². The number of rotatable bonds is 2. The van der Waals surface area contributed by atoms with E-state index in [2.05, 4.69) is 20.6 Å². The zero-order valence-electron chi connectivity index (χ0n) is 11.8. The molecule has 0 radical (unpaired) electrons. The predicted molar refractivity (Wildman–Crippen MR) is 82.4 cm³/mol. The number of benzene rings is 1. The van der Waals surface area contributed by atoms with Crippen LogP contribution in [0.1, 0.15) is 28.9 Å². The summed E-state index contributed by atoms with van der Waals surface area (Å²) in [7, 11) is 0. The van der Waals surface area contributed by atoms with E-state index in [1.54, 1.807) is 12.1 Å². The number of carbonyl (C=O) groups excluding carboxylic acids is 2. The van der Waals surface area contributed by atoms with E-state index < -0.39 is 5.91 Å².